The lowest BCUT2D eigenvalue weighted by Crippen LogP contribution is -2.10. The summed E-state index contributed by atoms with van der Waals surface area (Å²) in [4.78, 5) is 10.9. The van der Waals surface area contributed by atoms with Gasteiger partial charge in [-0.25, -0.2) is 0 Å². The van der Waals surface area contributed by atoms with E-state index in [1.807, 2.05) is 18.2 Å². The highest BCUT2D eigenvalue weighted by Crippen LogP contribution is 2.13. The van der Waals surface area contributed by atoms with Gasteiger partial charge >= 0.3 is 0 Å². The van der Waals surface area contributed by atoms with E-state index in [2.05, 4.69) is 11.4 Å². The van der Waals surface area contributed by atoms with Gasteiger partial charge in [-0.05, 0) is 35.9 Å². The molecular weight excluding hydrogens is 238 g/mol. The molecule has 3 N–H and O–H groups in total. The van der Waals surface area contributed by atoms with Gasteiger partial charge in [0.2, 0.25) is 5.91 Å². The third-order valence-corrected chi connectivity index (χ3v) is 2.79. The van der Waals surface area contributed by atoms with Gasteiger partial charge in [0.1, 0.15) is 0 Å². The van der Waals surface area contributed by atoms with Crippen LogP contribution in [0, 0.1) is 11.3 Å². The first kappa shape index (κ1) is 12.7. The molecule has 0 aromatic heterocycles. The highest BCUT2D eigenvalue weighted by Gasteiger charge is 2.02. The number of hydrogen-bond donors (Lipinski definition) is 2. The molecule has 0 aliphatic carbocycles. The average Bonchev–Trinajstić information content (AvgIpc) is 2.45. The number of hydrogen-bond acceptors (Lipinski definition) is 3. The van der Waals surface area contributed by atoms with E-state index in [-0.39, 0.29) is 0 Å². The van der Waals surface area contributed by atoms with E-state index in [4.69, 9.17) is 11.0 Å². The van der Waals surface area contributed by atoms with Gasteiger partial charge < -0.3 is 11.1 Å². The number of carbonyl (C=O) groups excluding carboxylic acids is 1. The molecule has 0 radical (unpaired) electrons. The molecule has 0 fully saturated rings. The van der Waals surface area contributed by atoms with Crippen molar-refractivity contribution in [2.24, 2.45) is 5.73 Å². The van der Waals surface area contributed by atoms with Gasteiger partial charge in [0.25, 0.3) is 0 Å². The molecule has 0 saturated carbocycles. The zero-order valence-electron chi connectivity index (χ0n) is 10.3. The van der Waals surface area contributed by atoms with Crippen LogP contribution in [0.2, 0.25) is 0 Å². The van der Waals surface area contributed by atoms with Gasteiger partial charge in [0.15, 0.2) is 0 Å². The molecule has 4 nitrogen and oxygen atoms in total. The molecule has 0 bridgehead atoms. The largest absolute Gasteiger partial charge is 0.381 e. The van der Waals surface area contributed by atoms with Crippen molar-refractivity contribution in [1.82, 2.24) is 0 Å². The molecule has 0 aliphatic rings. The number of amides is 1. The van der Waals surface area contributed by atoms with Crippen molar-refractivity contribution in [1.29, 1.82) is 5.26 Å². The highest BCUT2D eigenvalue weighted by molar-refractivity contribution is 5.93. The third-order valence-electron chi connectivity index (χ3n) is 2.79. The van der Waals surface area contributed by atoms with Gasteiger partial charge in [-0.1, -0.05) is 18.2 Å². The minimum atomic E-state index is -0.443. The molecule has 2 aromatic rings. The first-order chi connectivity index (χ1) is 9.20. The van der Waals surface area contributed by atoms with Crippen molar-refractivity contribution in [2.75, 3.05) is 5.32 Å². The molecule has 0 heterocycles. The molecule has 4 heteroatoms. The van der Waals surface area contributed by atoms with Crippen LogP contribution in [0.15, 0.2) is 48.5 Å². The summed E-state index contributed by atoms with van der Waals surface area (Å²) >= 11 is 0. The zero-order chi connectivity index (χ0) is 13.7. The normalized spacial score (nSPS) is 9.63. The summed E-state index contributed by atoms with van der Waals surface area (Å²) in [5.41, 5.74) is 8.11. The van der Waals surface area contributed by atoms with E-state index in [9.17, 15) is 4.79 Å². The lowest BCUT2D eigenvalue weighted by Gasteiger charge is -2.08. The average molecular weight is 251 g/mol. The standard InChI is InChI=1S/C15H13N3O/c16-9-12-3-1-2-4-13(12)10-18-14-7-5-11(6-8-14)15(17)19/h1-8,18H,10H2,(H2,17,19). The Bertz CT molecular complexity index is 627. The Kier molecular flexibility index (Phi) is 3.79. The van der Waals surface area contributed by atoms with E-state index in [0.717, 1.165) is 11.3 Å². The number of nitriles is 1. The Balaban J connectivity index is 2.06. The maximum Gasteiger partial charge on any atom is 0.248 e. The second kappa shape index (κ2) is 5.69. The fourth-order valence-corrected chi connectivity index (χ4v) is 1.73. The fraction of sp³-hybridized carbons (Fsp3) is 0.0667. The lowest BCUT2D eigenvalue weighted by atomic mass is 10.1. The van der Waals surface area contributed by atoms with Crippen molar-refractivity contribution in [3.8, 4) is 6.07 Å². The maximum atomic E-state index is 10.9. The number of nitrogens with two attached hydrogens (primary N) is 1. The topological polar surface area (TPSA) is 78.9 Å². The summed E-state index contributed by atoms with van der Waals surface area (Å²) in [6, 6.07) is 16.5. The molecule has 2 rings (SSSR count). The number of nitrogens with one attached hydrogen (secondary N) is 1. The summed E-state index contributed by atoms with van der Waals surface area (Å²) in [7, 11) is 0. The van der Waals surface area contributed by atoms with Crippen LogP contribution in [-0.4, -0.2) is 5.91 Å². The highest BCUT2D eigenvalue weighted by atomic mass is 16.1. The van der Waals surface area contributed by atoms with Crippen molar-refractivity contribution in [3.05, 3.63) is 65.2 Å². The second-order valence-electron chi connectivity index (χ2n) is 4.06. The van der Waals surface area contributed by atoms with Crippen LogP contribution < -0.4 is 11.1 Å². The lowest BCUT2D eigenvalue weighted by molar-refractivity contribution is 0.100. The molecule has 2 aromatic carbocycles. The van der Waals surface area contributed by atoms with Crippen molar-refractivity contribution in [2.45, 2.75) is 6.54 Å². The Morgan fingerprint density at radius 3 is 2.47 bits per heavy atom. The van der Waals surface area contributed by atoms with E-state index >= 15 is 0 Å². The summed E-state index contributed by atoms with van der Waals surface area (Å²) in [6.45, 7) is 0.555. The predicted octanol–water partition coefficient (Wildman–Crippen LogP) is 2.27. The summed E-state index contributed by atoms with van der Waals surface area (Å²) in [5.74, 6) is -0.443. The van der Waals surface area contributed by atoms with E-state index in [0.29, 0.717) is 17.7 Å². The Hall–Kier alpha value is -2.80. The Morgan fingerprint density at radius 2 is 1.84 bits per heavy atom. The van der Waals surface area contributed by atoms with Crippen LogP contribution in [0.3, 0.4) is 0 Å². The Morgan fingerprint density at radius 1 is 1.16 bits per heavy atom. The molecule has 0 unspecified atom stereocenters. The van der Waals surface area contributed by atoms with Crippen molar-refractivity contribution < 1.29 is 4.79 Å². The first-order valence-electron chi connectivity index (χ1n) is 5.82. The summed E-state index contributed by atoms with van der Waals surface area (Å²) in [6.07, 6.45) is 0. The van der Waals surface area contributed by atoms with Gasteiger partial charge in [-0.15, -0.1) is 0 Å². The minimum absolute atomic E-state index is 0.443. The number of benzene rings is 2. The molecular formula is C15H13N3O. The number of rotatable bonds is 4. The summed E-state index contributed by atoms with van der Waals surface area (Å²) in [5, 5.41) is 12.2. The zero-order valence-corrected chi connectivity index (χ0v) is 10.3. The molecule has 0 spiro atoms. The number of nitrogens with zero attached hydrogens (tertiary/aromatic N) is 1. The molecule has 0 atom stereocenters. The quantitative estimate of drug-likeness (QED) is 0.874. The SMILES string of the molecule is N#Cc1ccccc1CNc1ccc(C(N)=O)cc1. The van der Waals surface area contributed by atoms with E-state index in [1.54, 1.807) is 30.3 Å². The predicted molar refractivity (Wildman–Crippen MR) is 73.4 cm³/mol. The minimum Gasteiger partial charge on any atom is -0.381 e. The molecule has 19 heavy (non-hydrogen) atoms. The van der Waals surface area contributed by atoms with Gasteiger partial charge in [-0.3, -0.25) is 4.79 Å². The van der Waals surface area contributed by atoms with Crippen LogP contribution in [0.25, 0.3) is 0 Å². The number of carbonyl (C=O) groups is 1. The molecule has 1 amide bonds. The van der Waals surface area contributed by atoms with Crippen molar-refractivity contribution >= 4 is 11.6 Å². The molecule has 0 saturated heterocycles. The van der Waals surface area contributed by atoms with Crippen molar-refractivity contribution in [3.63, 3.8) is 0 Å². The third kappa shape index (κ3) is 3.11. The van der Waals surface area contributed by atoms with E-state index < -0.39 is 5.91 Å². The number of primary amides is 1. The van der Waals surface area contributed by atoms with Crippen LogP contribution in [0.5, 0.6) is 0 Å². The number of anilines is 1. The smallest absolute Gasteiger partial charge is 0.248 e. The fourth-order valence-electron chi connectivity index (χ4n) is 1.73. The van der Waals surface area contributed by atoms with Crippen LogP contribution in [0.1, 0.15) is 21.5 Å². The van der Waals surface area contributed by atoms with Gasteiger partial charge in [0.05, 0.1) is 11.6 Å². The molecule has 94 valence electrons. The van der Waals surface area contributed by atoms with E-state index in [1.165, 1.54) is 0 Å². The second-order valence-corrected chi connectivity index (χ2v) is 4.06. The monoisotopic (exact) mass is 251 g/mol. The Labute approximate surface area is 111 Å². The van der Waals surface area contributed by atoms with Gasteiger partial charge in [0, 0.05) is 17.8 Å². The van der Waals surface area contributed by atoms with Gasteiger partial charge in [-0.2, -0.15) is 5.26 Å². The van der Waals surface area contributed by atoms with Crippen LogP contribution in [-0.2, 0) is 6.54 Å². The maximum absolute atomic E-state index is 10.9. The summed E-state index contributed by atoms with van der Waals surface area (Å²) < 4.78 is 0. The van der Waals surface area contributed by atoms with Crippen LogP contribution >= 0.6 is 0 Å². The molecule has 0 aliphatic heterocycles. The van der Waals surface area contributed by atoms with Crippen LogP contribution in [0.4, 0.5) is 5.69 Å². The first-order valence-corrected chi connectivity index (χ1v) is 5.82.